The van der Waals surface area contributed by atoms with E-state index in [2.05, 4.69) is 5.32 Å². The van der Waals surface area contributed by atoms with Gasteiger partial charge in [0, 0.05) is 47.7 Å². The normalized spacial score (nSPS) is 14.2. The first-order valence-electron chi connectivity index (χ1n) is 15.2. The van der Waals surface area contributed by atoms with E-state index in [4.69, 9.17) is 44.3 Å². The Bertz CT molecular complexity index is 1800. The molecule has 0 aliphatic carbocycles. The second kappa shape index (κ2) is 16.6. The van der Waals surface area contributed by atoms with Crippen molar-refractivity contribution in [1.29, 1.82) is 0 Å². The number of benzene rings is 4. The standard InChI is InChI=1S/C35H34Cl3N3O6S/c36-28-9-6-26(7-10-28)23-41(34(42)24-47-30-12-14-31(15-13-30)48(44,45)40-16-18-46-19-17-40)33(20-25-4-2-1-3-5-25)35(43)39-22-27-8-11-29(37)21-32(27)38/h1-15,21,33H,16-20,22-24H2,(H,39,43)/t33-/m1/s1. The van der Waals surface area contributed by atoms with Crippen LogP contribution in [0.1, 0.15) is 16.7 Å². The minimum atomic E-state index is -3.69. The van der Waals surface area contributed by atoms with Gasteiger partial charge in [-0.1, -0.05) is 83.3 Å². The van der Waals surface area contributed by atoms with E-state index in [0.717, 1.165) is 11.1 Å². The largest absolute Gasteiger partial charge is 0.484 e. The van der Waals surface area contributed by atoms with Crippen molar-refractivity contribution in [3.8, 4) is 5.75 Å². The SMILES string of the molecule is O=C(NCc1ccc(Cl)cc1Cl)[C@@H](Cc1ccccc1)N(Cc1ccc(Cl)cc1)C(=O)COc1ccc(S(=O)(=O)N2CCOCC2)cc1. The van der Waals surface area contributed by atoms with Gasteiger partial charge in [-0.15, -0.1) is 0 Å². The lowest BCUT2D eigenvalue weighted by Crippen LogP contribution is -2.51. The van der Waals surface area contributed by atoms with Crippen molar-refractivity contribution >= 4 is 56.6 Å². The van der Waals surface area contributed by atoms with E-state index in [1.165, 1.54) is 33.5 Å². The van der Waals surface area contributed by atoms with E-state index in [1.807, 2.05) is 30.3 Å². The summed E-state index contributed by atoms with van der Waals surface area (Å²) in [4.78, 5) is 29.5. The molecule has 0 unspecified atom stereocenters. The van der Waals surface area contributed by atoms with Crippen molar-refractivity contribution in [2.45, 2.75) is 30.4 Å². The summed E-state index contributed by atoms with van der Waals surface area (Å²) in [5, 5.41) is 4.37. The van der Waals surface area contributed by atoms with Crippen molar-refractivity contribution in [3.63, 3.8) is 0 Å². The smallest absolute Gasteiger partial charge is 0.261 e. The molecule has 0 saturated carbocycles. The van der Waals surface area contributed by atoms with Gasteiger partial charge in [0.25, 0.3) is 5.91 Å². The van der Waals surface area contributed by atoms with Crippen molar-refractivity contribution < 1.29 is 27.5 Å². The predicted molar refractivity (Wildman–Crippen MR) is 186 cm³/mol. The van der Waals surface area contributed by atoms with Crippen LogP contribution in [-0.2, 0) is 43.9 Å². The molecule has 5 rings (SSSR count). The van der Waals surface area contributed by atoms with Crippen LogP contribution in [0.25, 0.3) is 0 Å². The van der Waals surface area contributed by atoms with Gasteiger partial charge in [-0.25, -0.2) is 8.42 Å². The maximum Gasteiger partial charge on any atom is 0.261 e. The number of rotatable bonds is 13. The third-order valence-corrected chi connectivity index (χ3v) is 10.6. The molecule has 0 radical (unpaired) electrons. The highest BCUT2D eigenvalue weighted by Gasteiger charge is 2.31. The summed E-state index contributed by atoms with van der Waals surface area (Å²) >= 11 is 18.5. The molecule has 2 amide bonds. The lowest BCUT2D eigenvalue weighted by molar-refractivity contribution is -0.142. The number of morpholine rings is 1. The molecule has 1 atom stereocenters. The fourth-order valence-corrected chi connectivity index (χ4v) is 7.19. The molecule has 48 heavy (non-hydrogen) atoms. The van der Waals surface area contributed by atoms with Gasteiger partial charge in [0.05, 0.1) is 18.1 Å². The number of halogens is 3. The fourth-order valence-electron chi connectivity index (χ4n) is 5.18. The zero-order chi connectivity index (χ0) is 34.1. The Morgan fingerprint density at radius 3 is 2.19 bits per heavy atom. The molecule has 252 valence electrons. The van der Waals surface area contributed by atoms with E-state index in [1.54, 1.807) is 42.5 Å². The molecular formula is C35H34Cl3N3O6S. The molecule has 1 aliphatic heterocycles. The van der Waals surface area contributed by atoms with Gasteiger partial charge in [-0.05, 0) is 65.2 Å². The number of nitrogens with zero attached hydrogens (tertiary/aromatic N) is 2. The topological polar surface area (TPSA) is 105 Å². The van der Waals surface area contributed by atoms with Gasteiger partial charge in [-0.2, -0.15) is 4.31 Å². The lowest BCUT2D eigenvalue weighted by atomic mass is 10.0. The van der Waals surface area contributed by atoms with Crippen molar-refractivity contribution in [2.24, 2.45) is 0 Å². The van der Waals surface area contributed by atoms with Crippen molar-refractivity contribution in [2.75, 3.05) is 32.9 Å². The summed E-state index contributed by atoms with van der Waals surface area (Å²) in [6, 6.07) is 26.4. The summed E-state index contributed by atoms with van der Waals surface area (Å²) in [7, 11) is -3.69. The van der Waals surface area contributed by atoms with Crippen molar-refractivity contribution in [3.05, 3.63) is 129 Å². The number of carbonyl (C=O) groups excluding carboxylic acids is 2. The van der Waals surface area contributed by atoms with Gasteiger partial charge in [0.15, 0.2) is 6.61 Å². The number of hydrogen-bond donors (Lipinski definition) is 1. The monoisotopic (exact) mass is 729 g/mol. The van der Waals surface area contributed by atoms with Crippen LogP contribution in [0.15, 0.2) is 102 Å². The maximum atomic E-state index is 14.0. The zero-order valence-electron chi connectivity index (χ0n) is 25.9. The van der Waals surface area contributed by atoms with Crippen LogP contribution in [0, 0.1) is 0 Å². The van der Waals surface area contributed by atoms with Crippen LogP contribution in [-0.4, -0.2) is 68.4 Å². The maximum absolute atomic E-state index is 14.0. The van der Waals surface area contributed by atoms with E-state index >= 15 is 0 Å². The van der Waals surface area contributed by atoms with E-state index in [0.29, 0.717) is 39.6 Å². The molecule has 9 nitrogen and oxygen atoms in total. The highest BCUT2D eigenvalue weighted by atomic mass is 35.5. The molecule has 0 spiro atoms. The second-order valence-corrected chi connectivity index (χ2v) is 14.3. The number of sulfonamides is 1. The van der Waals surface area contributed by atoms with Gasteiger partial charge < -0.3 is 19.7 Å². The van der Waals surface area contributed by atoms with Crippen LogP contribution in [0.2, 0.25) is 15.1 Å². The first-order valence-corrected chi connectivity index (χ1v) is 17.8. The molecule has 0 bridgehead atoms. The molecular weight excluding hydrogens is 697 g/mol. The van der Waals surface area contributed by atoms with Gasteiger partial charge >= 0.3 is 0 Å². The Morgan fingerprint density at radius 1 is 0.854 bits per heavy atom. The van der Waals surface area contributed by atoms with E-state index < -0.39 is 28.6 Å². The third kappa shape index (κ3) is 9.49. The number of nitrogens with one attached hydrogen (secondary N) is 1. The lowest BCUT2D eigenvalue weighted by Gasteiger charge is -2.31. The molecule has 1 heterocycles. The summed E-state index contributed by atoms with van der Waals surface area (Å²) in [5.74, 6) is -0.530. The highest BCUT2D eigenvalue weighted by molar-refractivity contribution is 7.89. The van der Waals surface area contributed by atoms with Crippen LogP contribution < -0.4 is 10.1 Å². The zero-order valence-corrected chi connectivity index (χ0v) is 28.9. The fraction of sp³-hybridized carbons (Fsp3) is 0.257. The summed E-state index contributed by atoms with van der Waals surface area (Å²) in [6.45, 7) is 1.07. The highest BCUT2D eigenvalue weighted by Crippen LogP contribution is 2.23. The molecule has 1 aliphatic rings. The Balaban J connectivity index is 1.37. The van der Waals surface area contributed by atoms with Crippen LogP contribution >= 0.6 is 34.8 Å². The molecule has 13 heteroatoms. The molecule has 4 aromatic rings. The van der Waals surface area contributed by atoms with Crippen LogP contribution in [0.4, 0.5) is 0 Å². The van der Waals surface area contributed by atoms with E-state index in [-0.39, 0.29) is 43.4 Å². The van der Waals surface area contributed by atoms with Gasteiger partial charge in [-0.3, -0.25) is 9.59 Å². The average molecular weight is 731 g/mol. The molecule has 1 N–H and O–H groups in total. The molecule has 1 fully saturated rings. The number of ether oxygens (including phenoxy) is 2. The first kappa shape index (κ1) is 35.7. The Morgan fingerprint density at radius 2 is 1.52 bits per heavy atom. The number of carbonyl (C=O) groups is 2. The van der Waals surface area contributed by atoms with E-state index in [9.17, 15) is 18.0 Å². The van der Waals surface area contributed by atoms with Crippen LogP contribution in [0.3, 0.4) is 0 Å². The Hall–Kier alpha value is -3.64. The Labute approximate surface area is 295 Å². The molecule has 0 aromatic heterocycles. The molecule has 4 aromatic carbocycles. The Kier molecular flexibility index (Phi) is 12.4. The average Bonchev–Trinajstić information content (AvgIpc) is 3.10. The third-order valence-electron chi connectivity index (χ3n) is 7.80. The second-order valence-electron chi connectivity index (χ2n) is 11.1. The summed E-state index contributed by atoms with van der Waals surface area (Å²) < 4.78 is 38.5. The number of hydrogen-bond acceptors (Lipinski definition) is 6. The summed E-state index contributed by atoms with van der Waals surface area (Å²) in [5.41, 5.74) is 2.29. The minimum Gasteiger partial charge on any atom is -0.484 e. The van der Waals surface area contributed by atoms with Crippen molar-refractivity contribution in [1.82, 2.24) is 14.5 Å². The minimum absolute atomic E-state index is 0.0999. The summed E-state index contributed by atoms with van der Waals surface area (Å²) in [6.07, 6.45) is 0.231. The predicted octanol–water partition coefficient (Wildman–Crippen LogP) is 6.00. The first-order chi connectivity index (χ1) is 23.1. The van der Waals surface area contributed by atoms with Crippen LogP contribution in [0.5, 0.6) is 5.75 Å². The molecule has 1 saturated heterocycles. The quantitative estimate of drug-likeness (QED) is 0.181. The number of amides is 2. The van der Waals surface area contributed by atoms with Gasteiger partial charge in [0.1, 0.15) is 11.8 Å². The van der Waals surface area contributed by atoms with Gasteiger partial charge in [0.2, 0.25) is 15.9 Å².